The van der Waals surface area contributed by atoms with Crippen LogP contribution in [0.2, 0.25) is 0 Å². The molecule has 1 aromatic rings. The zero-order valence-electron chi connectivity index (χ0n) is 8.31. The first-order valence-corrected chi connectivity index (χ1v) is 5.42. The van der Waals surface area contributed by atoms with Crippen molar-refractivity contribution in [1.82, 2.24) is 0 Å². The van der Waals surface area contributed by atoms with Crippen LogP contribution in [0.3, 0.4) is 0 Å². The van der Waals surface area contributed by atoms with Gasteiger partial charge < -0.3 is 5.11 Å². The number of hydrogen-bond donors (Lipinski definition) is 1. The lowest BCUT2D eigenvalue weighted by molar-refractivity contribution is 0.112. The molecule has 1 rings (SSSR count). The molecule has 0 bridgehead atoms. The van der Waals surface area contributed by atoms with E-state index in [1.165, 1.54) is 11.8 Å². The fraction of sp³-hybridized carbons (Fsp3) is 0.364. The minimum absolute atomic E-state index is 0.0936. The van der Waals surface area contributed by atoms with E-state index in [0.29, 0.717) is 5.56 Å². The maximum absolute atomic E-state index is 10.7. The molecule has 0 aromatic heterocycles. The number of rotatable bonds is 4. The Balaban J connectivity index is 2.80. The van der Waals surface area contributed by atoms with E-state index in [1.807, 2.05) is 25.1 Å². The molecule has 0 aliphatic heterocycles. The van der Waals surface area contributed by atoms with Crippen LogP contribution in [0, 0.1) is 0 Å². The lowest BCUT2D eigenvalue weighted by atomic mass is 10.2. The van der Waals surface area contributed by atoms with Crippen molar-refractivity contribution in [3.63, 3.8) is 0 Å². The number of aldehydes is 1. The molecular formula is C11H14O2S. The molecule has 0 aliphatic carbocycles. The lowest BCUT2D eigenvalue weighted by Crippen LogP contribution is -2.15. The summed E-state index contributed by atoms with van der Waals surface area (Å²) < 4.78 is 0. The minimum Gasteiger partial charge on any atom is -0.392 e. The smallest absolute Gasteiger partial charge is 0.151 e. The van der Waals surface area contributed by atoms with Gasteiger partial charge in [-0.25, -0.2) is 0 Å². The molecule has 2 unspecified atom stereocenters. The monoisotopic (exact) mass is 210 g/mol. The molecule has 14 heavy (non-hydrogen) atoms. The molecule has 1 N–H and O–H groups in total. The van der Waals surface area contributed by atoms with Crippen LogP contribution in [0.25, 0.3) is 0 Å². The Kier molecular flexibility index (Phi) is 4.17. The average Bonchev–Trinajstić information content (AvgIpc) is 2.18. The van der Waals surface area contributed by atoms with Crippen LogP contribution in [0.4, 0.5) is 0 Å². The number of aliphatic hydroxyl groups excluding tert-OH is 1. The van der Waals surface area contributed by atoms with E-state index in [1.54, 1.807) is 13.0 Å². The molecule has 0 saturated heterocycles. The van der Waals surface area contributed by atoms with Crippen molar-refractivity contribution in [3.8, 4) is 0 Å². The Labute approximate surface area is 88.3 Å². The molecule has 0 heterocycles. The van der Waals surface area contributed by atoms with Crippen molar-refractivity contribution in [3.05, 3.63) is 29.8 Å². The third-order valence-corrected chi connectivity index (χ3v) is 3.43. The van der Waals surface area contributed by atoms with Crippen LogP contribution in [0.15, 0.2) is 29.2 Å². The van der Waals surface area contributed by atoms with Crippen LogP contribution in [-0.4, -0.2) is 22.7 Å². The fourth-order valence-corrected chi connectivity index (χ4v) is 1.99. The summed E-state index contributed by atoms with van der Waals surface area (Å²) in [5.41, 5.74) is 0.685. The molecular weight excluding hydrogens is 196 g/mol. The van der Waals surface area contributed by atoms with Crippen molar-refractivity contribution in [2.24, 2.45) is 0 Å². The van der Waals surface area contributed by atoms with Crippen LogP contribution in [0.1, 0.15) is 24.2 Å². The highest BCUT2D eigenvalue weighted by Crippen LogP contribution is 2.27. The second-order valence-electron chi connectivity index (χ2n) is 3.22. The van der Waals surface area contributed by atoms with Gasteiger partial charge in [0, 0.05) is 15.7 Å². The Bertz CT molecular complexity index is 310. The van der Waals surface area contributed by atoms with Crippen molar-refractivity contribution in [2.75, 3.05) is 0 Å². The van der Waals surface area contributed by atoms with E-state index in [-0.39, 0.29) is 11.4 Å². The quantitative estimate of drug-likeness (QED) is 0.612. The van der Waals surface area contributed by atoms with E-state index in [9.17, 15) is 9.90 Å². The molecule has 0 amide bonds. The summed E-state index contributed by atoms with van der Waals surface area (Å²) in [6.45, 7) is 3.69. The van der Waals surface area contributed by atoms with Gasteiger partial charge in [-0.2, -0.15) is 0 Å². The number of hydrogen-bond acceptors (Lipinski definition) is 3. The molecule has 1 aromatic carbocycles. The standard InChI is InChI=1S/C11H14O2S/c1-8(13)9(2)14-11-6-4-3-5-10(11)7-12/h3-9,13H,1-2H3. The van der Waals surface area contributed by atoms with Crippen molar-refractivity contribution < 1.29 is 9.90 Å². The third-order valence-electron chi connectivity index (χ3n) is 2.04. The van der Waals surface area contributed by atoms with Crippen molar-refractivity contribution >= 4 is 18.0 Å². The second kappa shape index (κ2) is 5.17. The lowest BCUT2D eigenvalue weighted by Gasteiger charge is -2.14. The first-order chi connectivity index (χ1) is 6.65. The molecule has 0 fully saturated rings. The number of aliphatic hydroxyl groups is 1. The van der Waals surface area contributed by atoms with Gasteiger partial charge in [-0.1, -0.05) is 25.1 Å². The predicted octanol–water partition coefficient (Wildman–Crippen LogP) is 2.36. The van der Waals surface area contributed by atoms with Gasteiger partial charge in [0.15, 0.2) is 6.29 Å². The van der Waals surface area contributed by atoms with Gasteiger partial charge in [0.05, 0.1) is 6.10 Å². The van der Waals surface area contributed by atoms with Crippen LogP contribution < -0.4 is 0 Å². The Morgan fingerprint density at radius 2 is 2.00 bits per heavy atom. The Hall–Kier alpha value is -0.800. The second-order valence-corrected chi connectivity index (χ2v) is 4.64. The summed E-state index contributed by atoms with van der Waals surface area (Å²) in [7, 11) is 0. The summed E-state index contributed by atoms with van der Waals surface area (Å²) in [6.07, 6.45) is 0.469. The topological polar surface area (TPSA) is 37.3 Å². The summed E-state index contributed by atoms with van der Waals surface area (Å²) >= 11 is 1.52. The van der Waals surface area contributed by atoms with Gasteiger partial charge in [-0.15, -0.1) is 11.8 Å². The number of carbonyl (C=O) groups excluding carboxylic acids is 1. The van der Waals surface area contributed by atoms with Crippen LogP contribution in [-0.2, 0) is 0 Å². The largest absolute Gasteiger partial charge is 0.392 e. The highest BCUT2D eigenvalue weighted by Gasteiger charge is 2.12. The summed E-state index contributed by atoms with van der Waals surface area (Å²) in [4.78, 5) is 11.6. The van der Waals surface area contributed by atoms with Gasteiger partial charge in [-0.3, -0.25) is 4.79 Å². The summed E-state index contributed by atoms with van der Waals surface area (Å²) in [6, 6.07) is 7.41. The maximum Gasteiger partial charge on any atom is 0.151 e. The number of thioether (sulfide) groups is 1. The van der Waals surface area contributed by atoms with Crippen molar-refractivity contribution in [1.29, 1.82) is 0 Å². The van der Waals surface area contributed by atoms with Gasteiger partial charge in [0.25, 0.3) is 0 Å². The van der Waals surface area contributed by atoms with Crippen LogP contribution >= 0.6 is 11.8 Å². The SMILES string of the molecule is CC(O)C(C)Sc1ccccc1C=O. The molecule has 2 nitrogen and oxygen atoms in total. The number of carbonyl (C=O) groups is 1. The van der Waals surface area contributed by atoms with E-state index in [2.05, 4.69) is 0 Å². The fourth-order valence-electron chi connectivity index (χ4n) is 0.984. The molecule has 0 saturated carbocycles. The zero-order valence-corrected chi connectivity index (χ0v) is 9.12. The van der Waals surface area contributed by atoms with Crippen LogP contribution in [0.5, 0.6) is 0 Å². The van der Waals surface area contributed by atoms with E-state index in [0.717, 1.165) is 11.2 Å². The van der Waals surface area contributed by atoms with Crippen molar-refractivity contribution in [2.45, 2.75) is 30.1 Å². The molecule has 0 aliphatic rings. The van der Waals surface area contributed by atoms with E-state index in [4.69, 9.17) is 0 Å². The Morgan fingerprint density at radius 1 is 1.36 bits per heavy atom. The minimum atomic E-state index is -0.375. The third kappa shape index (κ3) is 2.86. The molecule has 3 heteroatoms. The van der Waals surface area contributed by atoms with E-state index < -0.39 is 0 Å². The average molecular weight is 210 g/mol. The first-order valence-electron chi connectivity index (χ1n) is 4.54. The van der Waals surface area contributed by atoms with Gasteiger partial charge in [0.1, 0.15) is 0 Å². The molecule has 0 spiro atoms. The maximum atomic E-state index is 10.7. The van der Waals surface area contributed by atoms with Gasteiger partial charge in [-0.05, 0) is 13.0 Å². The van der Waals surface area contributed by atoms with Gasteiger partial charge >= 0.3 is 0 Å². The summed E-state index contributed by atoms with van der Waals surface area (Å²) in [5, 5.41) is 9.43. The first kappa shape index (κ1) is 11.3. The zero-order chi connectivity index (χ0) is 10.6. The molecule has 0 radical (unpaired) electrons. The molecule has 76 valence electrons. The highest BCUT2D eigenvalue weighted by molar-refractivity contribution is 8.00. The normalized spacial score (nSPS) is 14.8. The Morgan fingerprint density at radius 3 is 2.57 bits per heavy atom. The van der Waals surface area contributed by atoms with Gasteiger partial charge in [0.2, 0.25) is 0 Å². The summed E-state index contributed by atoms with van der Waals surface area (Å²) in [5.74, 6) is 0. The van der Waals surface area contributed by atoms with E-state index >= 15 is 0 Å². The predicted molar refractivity (Wildman–Crippen MR) is 58.8 cm³/mol. The highest BCUT2D eigenvalue weighted by atomic mass is 32.2. The molecule has 2 atom stereocenters. The number of benzene rings is 1.